The molecule has 3 saturated heterocycles. The first-order valence-electron chi connectivity index (χ1n) is 12.3. The van der Waals surface area contributed by atoms with Gasteiger partial charge >= 0.3 is 12.3 Å². The van der Waals surface area contributed by atoms with Crippen LogP contribution >= 0.6 is 11.6 Å². The second-order valence-electron chi connectivity index (χ2n) is 10.8. The molecule has 1 aliphatic carbocycles. The number of nitrogens with one attached hydrogen (secondary N) is 1. The van der Waals surface area contributed by atoms with Gasteiger partial charge in [-0.05, 0) is 78.6 Å². The van der Waals surface area contributed by atoms with Crippen molar-refractivity contribution < 1.29 is 27.4 Å². The molecule has 0 spiro atoms. The number of alkyl carbamates (subject to hydrolysis) is 1. The number of hydrogen-bond donors (Lipinski definition) is 1. The van der Waals surface area contributed by atoms with E-state index in [1.807, 2.05) is 18.2 Å². The summed E-state index contributed by atoms with van der Waals surface area (Å²) in [4.78, 5) is 15.2. The molecule has 2 aromatic rings. The molecule has 3 fully saturated rings. The van der Waals surface area contributed by atoms with E-state index in [0.29, 0.717) is 16.5 Å². The number of fused-ring (bicyclic) bond motifs is 4. The Balaban J connectivity index is 1.29. The van der Waals surface area contributed by atoms with E-state index in [1.54, 1.807) is 6.07 Å². The number of nitrogens with zero attached hydrogens (tertiary/aromatic N) is 1. The fourth-order valence-electron chi connectivity index (χ4n) is 5.81. The van der Waals surface area contributed by atoms with Gasteiger partial charge in [0.05, 0.1) is 11.1 Å². The summed E-state index contributed by atoms with van der Waals surface area (Å²) >= 11 is 6.40. The van der Waals surface area contributed by atoms with Crippen LogP contribution in [-0.2, 0) is 11.2 Å². The Hall–Kier alpha value is -2.45. The quantitative estimate of drug-likeness (QED) is 0.494. The Kier molecular flexibility index (Phi) is 6.62. The fraction of sp³-hybridized carbons (Fsp3) is 0.519. The first-order chi connectivity index (χ1) is 17.0. The SMILES string of the molecule is CC1(C)Cc2cc(-c3ccc(OCC(F)(F)F)cc3Cl)ccc2[C@@H]1NC(=O)O[C@H]1CN2CCC1CC2. The number of ether oxygens (including phenoxy) is 2. The number of piperidine rings is 3. The van der Waals surface area contributed by atoms with Crippen molar-refractivity contribution >= 4 is 17.7 Å². The van der Waals surface area contributed by atoms with Crippen molar-refractivity contribution in [1.29, 1.82) is 0 Å². The minimum absolute atomic E-state index is 0.0518. The van der Waals surface area contributed by atoms with E-state index in [-0.39, 0.29) is 29.4 Å². The highest BCUT2D eigenvalue weighted by Gasteiger charge is 2.42. The van der Waals surface area contributed by atoms with E-state index >= 15 is 0 Å². The molecule has 2 atom stereocenters. The third-order valence-corrected chi connectivity index (χ3v) is 7.97. The number of alkyl halides is 3. The van der Waals surface area contributed by atoms with Crippen LogP contribution in [0.2, 0.25) is 5.02 Å². The molecule has 2 bridgehead atoms. The fourth-order valence-corrected chi connectivity index (χ4v) is 6.09. The van der Waals surface area contributed by atoms with Gasteiger partial charge in [0.15, 0.2) is 6.61 Å². The summed E-state index contributed by atoms with van der Waals surface area (Å²) in [5.74, 6) is 0.510. The Morgan fingerprint density at radius 2 is 1.92 bits per heavy atom. The predicted octanol–water partition coefficient (Wildman–Crippen LogP) is 6.39. The standard InChI is InChI=1S/C27H30ClF3N2O3/c1-26(2)13-18-11-17(20-6-4-19(12-22(20)28)35-15-27(29,30)31)3-5-21(18)24(26)32-25(34)36-23-14-33-9-7-16(23)8-10-33/h3-6,11-12,16,23-24H,7-10,13-15H2,1-2H3,(H,32,34)/t23-,24-/m0/s1. The lowest BCUT2D eigenvalue weighted by molar-refractivity contribution is -0.153. The molecule has 4 aliphatic rings. The van der Waals surface area contributed by atoms with E-state index < -0.39 is 12.8 Å². The van der Waals surface area contributed by atoms with Crippen LogP contribution in [-0.4, -0.2) is 49.5 Å². The molecule has 6 rings (SSSR count). The van der Waals surface area contributed by atoms with E-state index in [2.05, 4.69) is 24.1 Å². The number of amides is 1. The van der Waals surface area contributed by atoms with Crippen molar-refractivity contribution in [2.24, 2.45) is 11.3 Å². The lowest BCUT2D eigenvalue weighted by atomic mass is 9.85. The molecule has 36 heavy (non-hydrogen) atoms. The molecule has 3 heterocycles. The molecule has 0 unspecified atom stereocenters. The molecule has 5 nitrogen and oxygen atoms in total. The van der Waals surface area contributed by atoms with Crippen molar-refractivity contribution in [1.82, 2.24) is 10.2 Å². The second kappa shape index (κ2) is 9.45. The molecular formula is C27H30ClF3N2O3. The van der Waals surface area contributed by atoms with Gasteiger partial charge in [-0.15, -0.1) is 0 Å². The van der Waals surface area contributed by atoms with Crippen LogP contribution in [0.5, 0.6) is 5.75 Å². The van der Waals surface area contributed by atoms with Crippen molar-refractivity contribution in [3.8, 4) is 16.9 Å². The van der Waals surface area contributed by atoms with Gasteiger partial charge in [-0.3, -0.25) is 4.90 Å². The van der Waals surface area contributed by atoms with Gasteiger partial charge in [0.1, 0.15) is 11.9 Å². The minimum Gasteiger partial charge on any atom is -0.484 e. The van der Waals surface area contributed by atoms with Gasteiger partial charge in [0, 0.05) is 12.1 Å². The first-order valence-corrected chi connectivity index (χ1v) is 12.7. The van der Waals surface area contributed by atoms with Crippen LogP contribution in [0.1, 0.15) is 43.9 Å². The second-order valence-corrected chi connectivity index (χ2v) is 11.2. The Morgan fingerprint density at radius 3 is 2.56 bits per heavy atom. The summed E-state index contributed by atoms with van der Waals surface area (Å²) in [6.45, 7) is 5.85. The summed E-state index contributed by atoms with van der Waals surface area (Å²) in [7, 11) is 0. The third-order valence-electron chi connectivity index (χ3n) is 7.65. The maximum absolute atomic E-state index is 12.9. The normalized spacial score (nSPS) is 26.4. The lowest BCUT2D eigenvalue weighted by Gasteiger charge is -2.44. The average molecular weight is 523 g/mol. The summed E-state index contributed by atoms with van der Waals surface area (Å²) in [6, 6.07) is 10.3. The number of rotatable bonds is 5. The molecule has 194 valence electrons. The van der Waals surface area contributed by atoms with Gasteiger partial charge in [-0.25, -0.2) is 4.79 Å². The van der Waals surface area contributed by atoms with Crippen LogP contribution in [0.4, 0.5) is 18.0 Å². The van der Waals surface area contributed by atoms with Gasteiger partial charge in [-0.1, -0.05) is 43.6 Å². The molecule has 0 radical (unpaired) electrons. The van der Waals surface area contributed by atoms with E-state index in [9.17, 15) is 18.0 Å². The maximum atomic E-state index is 12.9. The smallest absolute Gasteiger partial charge is 0.422 e. The average Bonchev–Trinajstić information content (AvgIpc) is 3.06. The zero-order chi connectivity index (χ0) is 25.7. The molecule has 2 aromatic carbocycles. The zero-order valence-electron chi connectivity index (χ0n) is 20.3. The van der Waals surface area contributed by atoms with Gasteiger partial charge in [0.2, 0.25) is 0 Å². The van der Waals surface area contributed by atoms with E-state index in [1.165, 1.54) is 12.1 Å². The number of carbonyl (C=O) groups excluding carboxylic acids is 1. The van der Waals surface area contributed by atoms with Gasteiger partial charge in [-0.2, -0.15) is 13.2 Å². The highest BCUT2D eigenvalue weighted by Crippen LogP contribution is 2.47. The Bertz CT molecular complexity index is 1150. The Labute approximate surface area is 213 Å². The topological polar surface area (TPSA) is 50.8 Å². The molecular weight excluding hydrogens is 493 g/mol. The zero-order valence-corrected chi connectivity index (χ0v) is 21.1. The number of benzene rings is 2. The maximum Gasteiger partial charge on any atom is 0.422 e. The monoisotopic (exact) mass is 522 g/mol. The van der Waals surface area contributed by atoms with E-state index in [0.717, 1.165) is 55.6 Å². The van der Waals surface area contributed by atoms with Crippen LogP contribution in [0, 0.1) is 11.3 Å². The number of carbonyl (C=O) groups is 1. The van der Waals surface area contributed by atoms with Gasteiger partial charge in [0.25, 0.3) is 0 Å². The molecule has 1 N–H and O–H groups in total. The van der Waals surface area contributed by atoms with Crippen LogP contribution in [0.15, 0.2) is 36.4 Å². The molecule has 0 saturated carbocycles. The number of halogens is 4. The molecule has 0 aromatic heterocycles. The van der Waals surface area contributed by atoms with Gasteiger partial charge < -0.3 is 14.8 Å². The van der Waals surface area contributed by atoms with Crippen molar-refractivity contribution in [2.45, 2.75) is 51.4 Å². The first kappa shape index (κ1) is 25.2. The number of hydrogen-bond acceptors (Lipinski definition) is 4. The minimum atomic E-state index is -4.41. The Morgan fingerprint density at radius 1 is 1.17 bits per heavy atom. The van der Waals surface area contributed by atoms with Crippen LogP contribution in [0.25, 0.3) is 11.1 Å². The summed E-state index contributed by atoms with van der Waals surface area (Å²) < 4.78 is 48.0. The molecule has 1 amide bonds. The largest absolute Gasteiger partial charge is 0.484 e. The van der Waals surface area contributed by atoms with Crippen LogP contribution < -0.4 is 10.1 Å². The highest BCUT2D eigenvalue weighted by atomic mass is 35.5. The highest BCUT2D eigenvalue weighted by molar-refractivity contribution is 6.33. The predicted molar refractivity (Wildman–Crippen MR) is 131 cm³/mol. The van der Waals surface area contributed by atoms with Crippen molar-refractivity contribution in [3.05, 3.63) is 52.5 Å². The summed E-state index contributed by atoms with van der Waals surface area (Å²) in [5, 5.41) is 3.43. The molecule has 9 heteroatoms. The van der Waals surface area contributed by atoms with Crippen molar-refractivity contribution in [3.63, 3.8) is 0 Å². The lowest BCUT2D eigenvalue weighted by Crippen LogP contribution is -2.53. The molecule has 3 aliphatic heterocycles. The van der Waals surface area contributed by atoms with Crippen LogP contribution in [0.3, 0.4) is 0 Å². The van der Waals surface area contributed by atoms with E-state index in [4.69, 9.17) is 21.1 Å². The summed E-state index contributed by atoms with van der Waals surface area (Å²) in [5.41, 5.74) is 3.48. The van der Waals surface area contributed by atoms with Crippen molar-refractivity contribution in [2.75, 3.05) is 26.2 Å². The third kappa shape index (κ3) is 5.30. The summed E-state index contributed by atoms with van der Waals surface area (Å²) in [6.07, 6.45) is -1.92.